The Morgan fingerprint density at radius 3 is 2.52 bits per heavy atom. The summed E-state index contributed by atoms with van der Waals surface area (Å²) in [5, 5.41) is 1.22. The van der Waals surface area contributed by atoms with E-state index in [0.717, 1.165) is 17.5 Å². The largest absolute Gasteiger partial charge is 0.352 e. The van der Waals surface area contributed by atoms with Crippen LogP contribution in [0.3, 0.4) is 0 Å². The van der Waals surface area contributed by atoms with Crippen molar-refractivity contribution in [3.05, 3.63) is 64.7 Å². The molecule has 0 unspecified atom stereocenters. The van der Waals surface area contributed by atoms with Crippen LogP contribution >= 0.6 is 0 Å². The lowest BCUT2D eigenvalue weighted by Crippen LogP contribution is -2.34. The number of hydrogen-bond donors (Lipinski definition) is 1. The quantitative estimate of drug-likeness (QED) is 0.568. The van der Waals surface area contributed by atoms with Gasteiger partial charge in [0.1, 0.15) is 11.6 Å². The van der Waals surface area contributed by atoms with Gasteiger partial charge in [-0.05, 0) is 31.0 Å². The van der Waals surface area contributed by atoms with Gasteiger partial charge in [0.15, 0.2) is 0 Å². The third-order valence-electron chi connectivity index (χ3n) is 3.96. The van der Waals surface area contributed by atoms with E-state index in [-0.39, 0.29) is 11.6 Å². The monoisotopic (exact) mass is 336 g/mol. The van der Waals surface area contributed by atoms with Gasteiger partial charge >= 0.3 is 5.69 Å². The normalized spacial score (nSPS) is 10.7. The fraction of sp³-hybridized carbons (Fsp3) is 0.222. The Morgan fingerprint density at radius 1 is 1.08 bits per heavy atom. The first-order valence-corrected chi connectivity index (χ1v) is 8.18. The van der Waals surface area contributed by atoms with Crippen molar-refractivity contribution in [2.24, 2.45) is 5.84 Å². The van der Waals surface area contributed by atoms with E-state index in [9.17, 15) is 4.79 Å². The third kappa shape index (κ3) is 3.27. The number of nitrogens with zero attached hydrogens (tertiary/aromatic N) is 5. The lowest BCUT2D eigenvalue weighted by molar-refractivity contribution is 0.680. The number of hydrogen-bond acceptors (Lipinski definition) is 6. The molecule has 3 aromatic rings. The third-order valence-corrected chi connectivity index (χ3v) is 3.96. The number of nitrogens with two attached hydrogens (primary N) is 1. The zero-order valence-electron chi connectivity index (χ0n) is 14.3. The fourth-order valence-electron chi connectivity index (χ4n) is 2.66. The zero-order valence-corrected chi connectivity index (χ0v) is 14.3. The summed E-state index contributed by atoms with van der Waals surface area (Å²) in [5.41, 5.74) is 1.62. The topological polar surface area (TPSA) is 89.9 Å². The number of aryl methyl sites for hydroxylation is 1. The molecule has 0 saturated carbocycles. The number of rotatable bonds is 5. The van der Waals surface area contributed by atoms with Crippen LogP contribution in [-0.4, -0.2) is 19.5 Å². The van der Waals surface area contributed by atoms with Crippen molar-refractivity contribution in [3.63, 3.8) is 0 Å². The first-order chi connectivity index (χ1) is 12.2. The van der Waals surface area contributed by atoms with E-state index in [1.807, 2.05) is 37.3 Å². The molecule has 0 fully saturated rings. The van der Waals surface area contributed by atoms with Crippen LogP contribution in [0.25, 0.3) is 11.4 Å². The highest BCUT2D eigenvalue weighted by Crippen LogP contribution is 2.23. The van der Waals surface area contributed by atoms with Gasteiger partial charge in [-0.25, -0.2) is 20.6 Å². The average Bonchev–Trinajstić information content (AvgIpc) is 2.67. The Balaban J connectivity index is 2.18. The second-order valence-corrected chi connectivity index (χ2v) is 5.44. The molecule has 7 heteroatoms. The number of aromatic nitrogens is 4. The molecule has 128 valence electrons. The van der Waals surface area contributed by atoms with Crippen molar-refractivity contribution in [1.29, 1.82) is 0 Å². The summed E-state index contributed by atoms with van der Waals surface area (Å²) in [6.07, 6.45) is 2.45. The van der Waals surface area contributed by atoms with Gasteiger partial charge in [-0.15, -0.1) is 0 Å². The van der Waals surface area contributed by atoms with Crippen LogP contribution in [0.1, 0.15) is 19.4 Å². The molecular weight excluding hydrogens is 316 g/mol. The molecule has 0 atom stereocenters. The van der Waals surface area contributed by atoms with Gasteiger partial charge < -0.3 is 0 Å². The highest BCUT2D eigenvalue weighted by molar-refractivity contribution is 5.62. The standard InChI is InChI=1S/C18H20N6O/c1-3-13-9-5-6-10-14(13)16-21-17(22-18(25)23(16)4-2)24(19)15-11-7-8-12-20-15/h5-12H,3-4,19H2,1-2H3. The summed E-state index contributed by atoms with van der Waals surface area (Å²) in [6, 6.07) is 13.2. The molecule has 0 amide bonds. The van der Waals surface area contributed by atoms with Gasteiger partial charge in [0.2, 0.25) is 0 Å². The van der Waals surface area contributed by atoms with E-state index >= 15 is 0 Å². The molecule has 3 rings (SSSR count). The van der Waals surface area contributed by atoms with Crippen molar-refractivity contribution in [2.45, 2.75) is 26.8 Å². The van der Waals surface area contributed by atoms with E-state index in [1.165, 1.54) is 5.01 Å². The SMILES string of the molecule is CCc1ccccc1-c1nc(N(N)c2ccccn2)nc(=O)n1CC. The molecule has 0 spiro atoms. The van der Waals surface area contributed by atoms with Crippen molar-refractivity contribution in [3.8, 4) is 11.4 Å². The first-order valence-electron chi connectivity index (χ1n) is 8.18. The zero-order chi connectivity index (χ0) is 17.8. The summed E-state index contributed by atoms with van der Waals surface area (Å²) < 4.78 is 1.55. The molecule has 0 bridgehead atoms. The molecule has 0 aliphatic rings. The summed E-state index contributed by atoms with van der Waals surface area (Å²) in [4.78, 5) is 25.3. The Hall–Kier alpha value is -3.06. The molecular formula is C18H20N6O. The summed E-state index contributed by atoms with van der Waals surface area (Å²) >= 11 is 0. The van der Waals surface area contributed by atoms with Crippen molar-refractivity contribution in [1.82, 2.24) is 19.5 Å². The number of anilines is 2. The predicted octanol–water partition coefficient (Wildman–Crippen LogP) is 2.29. The van der Waals surface area contributed by atoms with Crippen LogP contribution in [-0.2, 0) is 13.0 Å². The number of pyridine rings is 1. The van der Waals surface area contributed by atoms with Crippen LogP contribution in [0.15, 0.2) is 53.5 Å². The van der Waals surface area contributed by atoms with Gasteiger partial charge in [-0.3, -0.25) is 4.57 Å². The lowest BCUT2D eigenvalue weighted by Gasteiger charge is -2.18. The van der Waals surface area contributed by atoms with Crippen LogP contribution in [0.4, 0.5) is 11.8 Å². The Labute approximate surface area is 145 Å². The first kappa shape index (κ1) is 16.8. The van der Waals surface area contributed by atoms with Gasteiger partial charge in [0.25, 0.3) is 5.95 Å². The molecule has 25 heavy (non-hydrogen) atoms. The highest BCUT2D eigenvalue weighted by Gasteiger charge is 2.17. The van der Waals surface area contributed by atoms with Crippen molar-refractivity contribution >= 4 is 11.8 Å². The summed E-state index contributed by atoms with van der Waals surface area (Å²) in [7, 11) is 0. The summed E-state index contributed by atoms with van der Waals surface area (Å²) in [5.74, 6) is 7.23. The van der Waals surface area contributed by atoms with Gasteiger partial charge in [0.05, 0.1) is 0 Å². The van der Waals surface area contributed by atoms with Gasteiger partial charge in [0, 0.05) is 18.3 Å². The lowest BCUT2D eigenvalue weighted by atomic mass is 10.0. The molecule has 7 nitrogen and oxygen atoms in total. The van der Waals surface area contributed by atoms with E-state index in [4.69, 9.17) is 5.84 Å². The Bertz CT molecular complexity index is 922. The van der Waals surface area contributed by atoms with E-state index in [1.54, 1.807) is 22.9 Å². The maximum atomic E-state index is 12.5. The number of hydrazine groups is 1. The maximum absolute atomic E-state index is 12.5. The van der Waals surface area contributed by atoms with Crippen molar-refractivity contribution < 1.29 is 0 Å². The molecule has 2 N–H and O–H groups in total. The smallest absolute Gasteiger partial charge is 0.276 e. The molecule has 0 aliphatic heterocycles. The van der Waals surface area contributed by atoms with Crippen LogP contribution in [0.2, 0.25) is 0 Å². The van der Waals surface area contributed by atoms with Crippen LogP contribution < -0.4 is 16.5 Å². The Morgan fingerprint density at radius 2 is 1.84 bits per heavy atom. The van der Waals surface area contributed by atoms with Gasteiger partial charge in [-0.1, -0.05) is 37.3 Å². The second kappa shape index (κ2) is 7.23. The average molecular weight is 336 g/mol. The fourth-order valence-corrected chi connectivity index (χ4v) is 2.66. The minimum Gasteiger partial charge on any atom is -0.276 e. The van der Waals surface area contributed by atoms with Crippen LogP contribution in [0, 0.1) is 0 Å². The van der Waals surface area contributed by atoms with Gasteiger partial charge in [-0.2, -0.15) is 9.97 Å². The van der Waals surface area contributed by atoms with E-state index in [2.05, 4.69) is 21.9 Å². The Kier molecular flexibility index (Phi) is 4.85. The minimum atomic E-state index is -0.389. The predicted molar refractivity (Wildman–Crippen MR) is 97.3 cm³/mol. The number of benzene rings is 1. The maximum Gasteiger partial charge on any atom is 0.352 e. The summed E-state index contributed by atoms with van der Waals surface area (Å²) in [6.45, 7) is 4.43. The second-order valence-electron chi connectivity index (χ2n) is 5.44. The molecule has 2 aromatic heterocycles. The molecule has 0 saturated heterocycles. The van der Waals surface area contributed by atoms with E-state index in [0.29, 0.717) is 18.2 Å². The minimum absolute atomic E-state index is 0.120. The molecule has 0 radical (unpaired) electrons. The van der Waals surface area contributed by atoms with Crippen LogP contribution in [0.5, 0.6) is 0 Å². The highest BCUT2D eigenvalue weighted by atomic mass is 16.1. The molecule has 0 aliphatic carbocycles. The molecule has 2 heterocycles. The van der Waals surface area contributed by atoms with Crippen molar-refractivity contribution in [2.75, 3.05) is 5.01 Å². The molecule has 1 aromatic carbocycles. The van der Waals surface area contributed by atoms with E-state index < -0.39 is 0 Å².